The molecule has 2 nitrogen and oxygen atoms in total. The van der Waals surface area contributed by atoms with Gasteiger partial charge in [-0.05, 0) is 28.7 Å². The highest BCUT2D eigenvalue weighted by atomic mass is 127. The Hall–Kier alpha value is -0.650. The molecule has 2 heterocycles. The number of fused-ring (bicyclic) bond motifs is 1. The summed E-state index contributed by atoms with van der Waals surface area (Å²) >= 11 is 2.09. The fraction of sp³-hybridized carbons (Fsp3) is 0. The van der Waals surface area contributed by atoms with E-state index in [1.165, 1.54) is 12.1 Å². The van der Waals surface area contributed by atoms with Gasteiger partial charge in [-0.15, -0.1) is 0 Å². The molecule has 0 unspecified atom stereocenters. The molecule has 11 heavy (non-hydrogen) atoms. The zero-order valence-corrected chi connectivity index (χ0v) is 7.62. The van der Waals surface area contributed by atoms with Crippen molar-refractivity contribution >= 4 is 28.2 Å². The van der Waals surface area contributed by atoms with Crippen LogP contribution < -0.4 is 0 Å². The van der Waals surface area contributed by atoms with Crippen molar-refractivity contribution in [3.05, 3.63) is 34.0 Å². The van der Waals surface area contributed by atoms with E-state index < -0.39 is 0 Å². The fourth-order valence-electron chi connectivity index (χ4n) is 0.926. The van der Waals surface area contributed by atoms with Crippen LogP contribution in [0.4, 0.5) is 4.39 Å². The molecule has 0 radical (unpaired) electrons. The Kier molecular flexibility index (Phi) is 1.56. The molecule has 0 N–H and O–H groups in total. The molecule has 0 aromatic carbocycles. The van der Waals surface area contributed by atoms with Crippen LogP contribution in [0.1, 0.15) is 0 Å². The van der Waals surface area contributed by atoms with Crippen LogP contribution in [0.25, 0.3) is 5.65 Å². The normalized spacial score (nSPS) is 10.7. The van der Waals surface area contributed by atoms with Crippen LogP contribution in [-0.4, -0.2) is 9.38 Å². The Morgan fingerprint density at radius 1 is 1.55 bits per heavy atom. The Labute approximate surface area is 76.2 Å². The molecule has 0 saturated heterocycles. The van der Waals surface area contributed by atoms with E-state index in [2.05, 4.69) is 27.6 Å². The first-order valence-electron chi connectivity index (χ1n) is 3.05. The first kappa shape index (κ1) is 7.02. The maximum Gasteiger partial charge on any atom is 0.140 e. The monoisotopic (exact) mass is 262 g/mol. The molecule has 2 aromatic heterocycles. The van der Waals surface area contributed by atoms with E-state index in [1.807, 2.05) is 6.20 Å². The summed E-state index contributed by atoms with van der Waals surface area (Å²) in [7, 11) is 0. The minimum absolute atomic E-state index is 0.250. The maximum absolute atomic E-state index is 12.6. The van der Waals surface area contributed by atoms with Crippen LogP contribution in [0.15, 0.2) is 24.5 Å². The molecule has 0 amide bonds. The summed E-state index contributed by atoms with van der Waals surface area (Å²) in [6, 6.07) is 2.81. The zero-order valence-electron chi connectivity index (χ0n) is 5.46. The van der Waals surface area contributed by atoms with Gasteiger partial charge in [-0.25, -0.2) is 9.37 Å². The van der Waals surface area contributed by atoms with Gasteiger partial charge in [0, 0.05) is 18.5 Å². The highest BCUT2D eigenvalue weighted by molar-refractivity contribution is 14.1. The lowest BCUT2D eigenvalue weighted by Gasteiger charge is -1.89. The summed E-state index contributed by atoms with van der Waals surface area (Å²) in [6.07, 6.45) is 3.50. The van der Waals surface area contributed by atoms with Crippen LogP contribution in [0, 0.1) is 9.52 Å². The SMILES string of the molecule is Fc1ccn2cc(I)nc2c1. The average molecular weight is 262 g/mol. The van der Waals surface area contributed by atoms with Gasteiger partial charge in [0.2, 0.25) is 0 Å². The van der Waals surface area contributed by atoms with Crippen molar-refractivity contribution in [1.82, 2.24) is 9.38 Å². The van der Waals surface area contributed by atoms with E-state index in [1.54, 1.807) is 10.6 Å². The molecule has 0 saturated carbocycles. The first-order valence-corrected chi connectivity index (χ1v) is 4.13. The van der Waals surface area contributed by atoms with Gasteiger partial charge in [0.1, 0.15) is 15.2 Å². The predicted octanol–water partition coefficient (Wildman–Crippen LogP) is 2.08. The van der Waals surface area contributed by atoms with E-state index in [-0.39, 0.29) is 5.82 Å². The molecule has 2 aromatic rings. The lowest BCUT2D eigenvalue weighted by atomic mass is 10.4. The van der Waals surface area contributed by atoms with E-state index in [9.17, 15) is 4.39 Å². The van der Waals surface area contributed by atoms with Crippen molar-refractivity contribution in [3.63, 3.8) is 0 Å². The second-order valence-corrected chi connectivity index (χ2v) is 3.28. The van der Waals surface area contributed by atoms with Crippen molar-refractivity contribution in [2.45, 2.75) is 0 Å². The van der Waals surface area contributed by atoms with Gasteiger partial charge >= 0.3 is 0 Å². The van der Waals surface area contributed by atoms with Crippen LogP contribution in [-0.2, 0) is 0 Å². The average Bonchev–Trinajstić information content (AvgIpc) is 2.27. The second kappa shape index (κ2) is 2.44. The molecular weight excluding hydrogens is 258 g/mol. The number of aromatic nitrogens is 2. The van der Waals surface area contributed by atoms with Crippen molar-refractivity contribution < 1.29 is 4.39 Å². The lowest BCUT2D eigenvalue weighted by Crippen LogP contribution is -1.82. The lowest BCUT2D eigenvalue weighted by molar-refractivity contribution is 0.626. The van der Waals surface area contributed by atoms with Crippen molar-refractivity contribution in [2.24, 2.45) is 0 Å². The minimum atomic E-state index is -0.250. The van der Waals surface area contributed by atoms with E-state index in [0.717, 1.165) is 3.70 Å². The van der Waals surface area contributed by atoms with Gasteiger partial charge in [0.25, 0.3) is 0 Å². The van der Waals surface area contributed by atoms with Crippen molar-refractivity contribution in [3.8, 4) is 0 Å². The van der Waals surface area contributed by atoms with E-state index in [0.29, 0.717) is 5.65 Å². The van der Waals surface area contributed by atoms with E-state index >= 15 is 0 Å². The summed E-state index contributed by atoms with van der Waals surface area (Å²) in [4.78, 5) is 4.08. The maximum atomic E-state index is 12.6. The third-order valence-electron chi connectivity index (χ3n) is 1.39. The van der Waals surface area contributed by atoms with Crippen LogP contribution >= 0.6 is 22.6 Å². The zero-order chi connectivity index (χ0) is 7.84. The molecule has 0 bridgehead atoms. The molecule has 0 fully saturated rings. The van der Waals surface area contributed by atoms with Crippen molar-refractivity contribution in [1.29, 1.82) is 0 Å². The molecule has 0 spiro atoms. The predicted molar refractivity (Wildman–Crippen MR) is 47.9 cm³/mol. The molecule has 2 rings (SSSR count). The Bertz CT molecular complexity index is 396. The molecule has 0 atom stereocenters. The number of nitrogens with zero attached hydrogens (tertiary/aromatic N) is 2. The smallest absolute Gasteiger partial charge is 0.140 e. The number of halogens is 2. The number of imidazole rings is 1. The van der Waals surface area contributed by atoms with E-state index in [4.69, 9.17) is 0 Å². The third kappa shape index (κ3) is 1.22. The largest absolute Gasteiger partial charge is 0.306 e. The Balaban J connectivity index is 2.82. The van der Waals surface area contributed by atoms with Gasteiger partial charge in [0.15, 0.2) is 0 Å². The van der Waals surface area contributed by atoms with Crippen LogP contribution in [0.2, 0.25) is 0 Å². The molecule has 0 aliphatic rings. The number of hydrogen-bond donors (Lipinski definition) is 0. The number of pyridine rings is 1. The Morgan fingerprint density at radius 2 is 2.36 bits per heavy atom. The quantitative estimate of drug-likeness (QED) is 0.664. The highest BCUT2D eigenvalue weighted by Crippen LogP contribution is 2.08. The van der Waals surface area contributed by atoms with Gasteiger partial charge in [-0.2, -0.15) is 0 Å². The summed E-state index contributed by atoms with van der Waals surface area (Å²) in [5, 5.41) is 0. The van der Waals surface area contributed by atoms with Gasteiger partial charge in [-0.3, -0.25) is 0 Å². The summed E-state index contributed by atoms with van der Waals surface area (Å²) in [5.74, 6) is -0.250. The molecule has 4 heteroatoms. The highest BCUT2D eigenvalue weighted by Gasteiger charge is 1.98. The summed E-state index contributed by atoms with van der Waals surface area (Å²) in [6.45, 7) is 0. The molecule has 56 valence electrons. The Morgan fingerprint density at radius 3 is 3.18 bits per heavy atom. The topological polar surface area (TPSA) is 17.3 Å². The van der Waals surface area contributed by atoms with Gasteiger partial charge in [0.05, 0.1) is 0 Å². The van der Waals surface area contributed by atoms with Crippen LogP contribution in [0.3, 0.4) is 0 Å². The standard InChI is InChI=1S/C7H4FIN2/c8-5-1-2-11-4-6(9)10-7(11)3-5/h1-4H. The number of rotatable bonds is 0. The fourth-order valence-corrected chi connectivity index (χ4v) is 1.47. The third-order valence-corrected chi connectivity index (χ3v) is 1.91. The summed E-state index contributed by atoms with van der Waals surface area (Å²) < 4.78 is 15.2. The molecule has 0 aliphatic carbocycles. The van der Waals surface area contributed by atoms with Gasteiger partial charge < -0.3 is 4.40 Å². The molecular formula is C7H4FIN2. The van der Waals surface area contributed by atoms with Crippen LogP contribution in [0.5, 0.6) is 0 Å². The summed E-state index contributed by atoms with van der Waals surface area (Å²) in [5.41, 5.74) is 0.648. The second-order valence-electron chi connectivity index (χ2n) is 2.17. The van der Waals surface area contributed by atoms with Crippen molar-refractivity contribution in [2.75, 3.05) is 0 Å². The number of hydrogen-bond acceptors (Lipinski definition) is 1. The molecule has 0 aliphatic heterocycles. The van der Waals surface area contributed by atoms with Gasteiger partial charge in [-0.1, -0.05) is 0 Å². The minimum Gasteiger partial charge on any atom is -0.306 e. The first-order chi connectivity index (χ1) is 5.25.